The van der Waals surface area contributed by atoms with Crippen molar-refractivity contribution >= 4 is 23.3 Å². The molecule has 1 aliphatic rings. The Morgan fingerprint density at radius 1 is 1.29 bits per heavy atom. The quantitative estimate of drug-likeness (QED) is 0.818. The van der Waals surface area contributed by atoms with Crippen LogP contribution in [0.2, 0.25) is 5.02 Å². The maximum atomic E-state index is 14.5. The molecule has 1 aliphatic heterocycles. The first kappa shape index (κ1) is 16.3. The van der Waals surface area contributed by atoms with E-state index < -0.39 is 23.3 Å². The van der Waals surface area contributed by atoms with Gasteiger partial charge < -0.3 is 15.0 Å². The highest BCUT2D eigenvalue weighted by Crippen LogP contribution is 2.43. The molecule has 1 aromatic heterocycles. The van der Waals surface area contributed by atoms with Crippen molar-refractivity contribution in [3.63, 3.8) is 0 Å². The number of rotatable bonds is 2. The van der Waals surface area contributed by atoms with E-state index in [1.165, 1.54) is 31.5 Å². The van der Waals surface area contributed by atoms with Crippen molar-refractivity contribution in [2.75, 3.05) is 12.4 Å². The summed E-state index contributed by atoms with van der Waals surface area (Å²) in [6.45, 7) is 1.66. The van der Waals surface area contributed by atoms with E-state index in [2.05, 4.69) is 10.3 Å². The maximum Gasteiger partial charge on any atom is 0.336 e. The van der Waals surface area contributed by atoms with Gasteiger partial charge in [0.15, 0.2) is 0 Å². The molecular formula is C17H14ClFN2O3. The lowest BCUT2D eigenvalue weighted by molar-refractivity contribution is -0.136. The van der Waals surface area contributed by atoms with Gasteiger partial charge in [-0.1, -0.05) is 17.7 Å². The van der Waals surface area contributed by atoms with Gasteiger partial charge in [0.25, 0.3) is 5.56 Å². The van der Waals surface area contributed by atoms with Crippen molar-refractivity contribution in [2.24, 2.45) is 0 Å². The van der Waals surface area contributed by atoms with Crippen molar-refractivity contribution in [3.05, 3.63) is 74.1 Å². The fraction of sp³-hybridized carbons (Fsp3) is 0.176. The lowest BCUT2D eigenvalue weighted by atomic mass is 9.81. The molecule has 2 aromatic rings. The Bertz CT molecular complexity index is 900. The minimum absolute atomic E-state index is 0.0679. The first-order valence-electron chi connectivity index (χ1n) is 7.17. The monoisotopic (exact) mass is 348 g/mol. The van der Waals surface area contributed by atoms with Crippen LogP contribution in [0.15, 0.2) is 46.5 Å². The topological polar surface area (TPSA) is 71.2 Å². The fourth-order valence-corrected chi connectivity index (χ4v) is 3.24. The first-order valence-corrected chi connectivity index (χ1v) is 7.55. The van der Waals surface area contributed by atoms with Crippen LogP contribution in [0.1, 0.15) is 24.0 Å². The number of H-pyrrole nitrogens is 1. The first-order chi connectivity index (χ1) is 11.5. The summed E-state index contributed by atoms with van der Waals surface area (Å²) >= 11 is 6.20. The highest BCUT2D eigenvalue weighted by molar-refractivity contribution is 6.31. The van der Waals surface area contributed by atoms with Gasteiger partial charge in [0, 0.05) is 28.2 Å². The summed E-state index contributed by atoms with van der Waals surface area (Å²) in [6, 6.07) is 5.87. The SMILES string of the molecule is COC(=O)C1=C(C)Nc2cc[nH]c(=O)c2C1c1c(F)cccc1Cl. The number of esters is 1. The smallest absolute Gasteiger partial charge is 0.336 e. The molecule has 0 saturated heterocycles. The molecule has 0 amide bonds. The van der Waals surface area contributed by atoms with E-state index in [1.807, 2.05) is 0 Å². The van der Waals surface area contributed by atoms with Gasteiger partial charge in [-0.2, -0.15) is 0 Å². The standard InChI is InChI=1S/C17H14ClFN2O3/c1-8-12(17(23)24-2)15(13-9(18)4-3-5-10(13)19)14-11(21-8)6-7-20-16(14)22/h3-7,15,21H,1-2H3,(H,20,22). The van der Waals surface area contributed by atoms with Crippen LogP contribution in [-0.4, -0.2) is 18.1 Å². The Morgan fingerprint density at radius 3 is 2.71 bits per heavy atom. The van der Waals surface area contributed by atoms with E-state index in [1.54, 1.807) is 13.0 Å². The lowest BCUT2D eigenvalue weighted by Gasteiger charge is -2.29. The van der Waals surface area contributed by atoms with E-state index >= 15 is 0 Å². The van der Waals surface area contributed by atoms with Crippen molar-refractivity contribution in [2.45, 2.75) is 12.8 Å². The normalized spacial score (nSPS) is 16.4. The second kappa shape index (κ2) is 6.13. The predicted octanol–water partition coefficient (Wildman–Crippen LogP) is 3.17. The minimum atomic E-state index is -0.965. The zero-order valence-electron chi connectivity index (χ0n) is 12.9. The fourth-order valence-electron chi connectivity index (χ4n) is 2.97. The number of carbonyl (C=O) groups is 1. The third kappa shape index (κ3) is 2.49. The van der Waals surface area contributed by atoms with Crippen LogP contribution in [0.4, 0.5) is 10.1 Å². The molecule has 7 heteroatoms. The Morgan fingerprint density at radius 2 is 2.04 bits per heavy atom. The molecule has 1 aromatic carbocycles. The maximum absolute atomic E-state index is 14.5. The summed E-state index contributed by atoms with van der Waals surface area (Å²) in [7, 11) is 1.23. The Kier molecular flexibility index (Phi) is 4.15. The van der Waals surface area contributed by atoms with E-state index in [9.17, 15) is 14.0 Å². The molecule has 24 heavy (non-hydrogen) atoms. The highest BCUT2D eigenvalue weighted by atomic mass is 35.5. The summed E-state index contributed by atoms with van der Waals surface area (Å²) in [6.07, 6.45) is 1.48. The summed E-state index contributed by atoms with van der Waals surface area (Å²) < 4.78 is 19.4. The van der Waals surface area contributed by atoms with Gasteiger partial charge in [-0.25, -0.2) is 9.18 Å². The second-order valence-corrected chi connectivity index (χ2v) is 5.76. The Hall–Kier alpha value is -2.60. The summed E-state index contributed by atoms with van der Waals surface area (Å²) in [5.41, 5.74) is 0.971. The molecule has 124 valence electrons. The van der Waals surface area contributed by atoms with Crippen LogP contribution >= 0.6 is 11.6 Å². The predicted molar refractivity (Wildman–Crippen MR) is 88.7 cm³/mol. The van der Waals surface area contributed by atoms with E-state index in [4.69, 9.17) is 16.3 Å². The summed E-state index contributed by atoms with van der Waals surface area (Å²) in [5, 5.41) is 3.13. The molecule has 2 heterocycles. The van der Waals surface area contributed by atoms with Crippen molar-refractivity contribution in [1.82, 2.24) is 4.98 Å². The molecule has 0 saturated carbocycles. The number of carbonyl (C=O) groups excluding carboxylic acids is 1. The molecule has 0 fully saturated rings. The van der Waals surface area contributed by atoms with Gasteiger partial charge in [0.05, 0.1) is 24.2 Å². The number of allylic oxidation sites excluding steroid dienone is 1. The number of aromatic amines is 1. The second-order valence-electron chi connectivity index (χ2n) is 5.36. The molecule has 2 N–H and O–H groups in total. The van der Waals surface area contributed by atoms with Gasteiger partial charge in [0.1, 0.15) is 5.82 Å². The minimum Gasteiger partial charge on any atom is -0.466 e. The number of fused-ring (bicyclic) bond motifs is 1. The molecule has 1 unspecified atom stereocenters. The number of ether oxygens (including phenoxy) is 1. The lowest BCUT2D eigenvalue weighted by Crippen LogP contribution is -2.30. The van der Waals surface area contributed by atoms with Crippen LogP contribution in [0.5, 0.6) is 0 Å². The molecule has 1 atom stereocenters. The van der Waals surface area contributed by atoms with Crippen LogP contribution in [0.25, 0.3) is 0 Å². The molecule has 5 nitrogen and oxygen atoms in total. The largest absolute Gasteiger partial charge is 0.466 e. The number of anilines is 1. The van der Waals surface area contributed by atoms with E-state index in [0.29, 0.717) is 11.4 Å². The average molecular weight is 349 g/mol. The third-order valence-electron chi connectivity index (χ3n) is 4.00. The number of benzene rings is 1. The average Bonchev–Trinajstić information content (AvgIpc) is 2.53. The third-order valence-corrected chi connectivity index (χ3v) is 4.33. The van der Waals surface area contributed by atoms with Crippen molar-refractivity contribution in [3.8, 4) is 0 Å². The molecule has 3 rings (SSSR count). The van der Waals surface area contributed by atoms with E-state index in [0.717, 1.165) is 0 Å². The zero-order valence-corrected chi connectivity index (χ0v) is 13.7. The molecular weight excluding hydrogens is 335 g/mol. The van der Waals surface area contributed by atoms with E-state index in [-0.39, 0.29) is 21.7 Å². The van der Waals surface area contributed by atoms with Crippen LogP contribution in [-0.2, 0) is 9.53 Å². The molecule has 0 spiro atoms. The number of nitrogens with one attached hydrogen (secondary N) is 2. The number of methoxy groups -OCH3 is 1. The van der Waals surface area contributed by atoms with Gasteiger partial charge in [-0.05, 0) is 25.1 Å². The molecule has 0 radical (unpaired) electrons. The number of halogens is 2. The zero-order chi connectivity index (χ0) is 17.4. The molecule has 0 aliphatic carbocycles. The number of pyridine rings is 1. The van der Waals surface area contributed by atoms with Gasteiger partial charge in [-0.3, -0.25) is 4.79 Å². The van der Waals surface area contributed by atoms with Crippen LogP contribution in [0, 0.1) is 5.82 Å². The molecule has 0 bridgehead atoms. The summed E-state index contributed by atoms with van der Waals surface area (Å²) in [4.78, 5) is 27.3. The Balaban J connectivity index is 2.38. The highest BCUT2D eigenvalue weighted by Gasteiger charge is 2.37. The Labute approximate surface area is 142 Å². The number of aromatic nitrogens is 1. The van der Waals surface area contributed by atoms with Crippen LogP contribution in [0.3, 0.4) is 0 Å². The van der Waals surface area contributed by atoms with Crippen LogP contribution < -0.4 is 10.9 Å². The summed E-state index contributed by atoms with van der Waals surface area (Å²) in [5.74, 6) is -2.22. The van der Waals surface area contributed by atoms with Gasteiger partial charge >= 0.3 is 5.97 Å². The van der Waals surface area contributed by atoms with Gasteiger partial charge in [-0.15, -0.1) is 0 Å². The van der Waals surface area contributed by atoms with Crippen molar-refractivity contribution in [1.29, 1.82) is 0 Å². The number of hydrogen-bond acceptors (Lipinski definition) is 4. The van der Waals surface area contributed by atoms with Gasteiger partial charge in [0.2, 0.25) is 0 Å². The van der Waals surface area contributed by atoms with Crippen molar-refractivity contribution < 1.29 is 13.9 Å². The number of hydrogen-bond donors (Lipinski definition) is 2.